The summed E-state index contributed by atoms with van der Waals surface area (Å²) in [5, 5.41) is 2.25. The van der Waals surface area contributed by atoms with Crippen molar-refractivity contribution in [3.63, 3.8) is 0 Å². The zero-order valence-corrected chi connectivity index (χ0v) is 30.3. The van der Waals surface area contributed by atoms with Crippen LogP contribution in [-0.4, -0.2) is 0 Å². The highest BCUT2D eigenvalue weighted by Crippen LogP contribution is 2.56. The molecule has 2 aliphatic carbocycles. The van der Waals surface area contributed by atoms with E-state index in [0.29, 0.717) is 0 Å². The molecule has 1 aromatic heterocycles. The summed E-state index contributed by atoms with van der Waals surface area (Å²) in [5.74, 6) is 0. The van der Waals surface area contributed by atoms with Crippen molar-refractivity contribution in [1.82, 2.24) is 0 Å². The number of benzene rings is 8. The molecule has 11 rings (SSSR count). The molecule has 0 radical (unpaired) electrons. The van der Waals surface area contributed by atoms with E-state index in [-0.39, 0.29) is 10.8 Å². The molecule has 0 bridgehead atoms. The van der Waals surface area contributed by atoms with Crippen LogP contribution in [0.15, 0.2) is 192 Å². The molecule has 2 atom stereocenters. The third-order valence-corrected chi connectivity index (χ3v) is 12.4. The molecule has 0 N–H and O–H groups in total. The first-order valence-corrected chi connectivity index (χ1v) is 18.8. The molecule has 1 heterocycles. The quantitative estimate of drug-likeness (QED) is 0.179. The molecule has 2 heteroatoms. The Kier molecular flexibility index (Phi) is 6.55. The van der Waals surface area contributed by atoms with Gasteiger partial charge in [-0.1, -0.05) is 140 Å². The minimum atomic E-state index is -0.316. The second-order valence-corrected chi connectivity index (χ2v) is 15.1. The molecular weight excluding hydrogens is 655 g/mol. The Labute approximate surface area is 315 Å². The smallest absolute Gasteiger partial charge is 0.137 e. The van der Waals surface area contributed by atoms with Crippen molar-refractivity contribution in [2.75, 3.05) is 4.90 Å². The van der Waals surface area contributed by atoms with E-state index in [0.717, 1.165) is 39.0 Å². The average molecular weight is 692 g/mol. The average Bonchev–Trinajstić information content (AvgIpc) is 3.83. The number of anilines is 3. The van der Waals surface area contributed by atoms with E-state index in [1.54, 1.807) is 0 Å². The highest BCUT2D eigenvalue weighted by molar-refractivity contribution is 6.06. The zero-order chi connectivity index (χ0) is 36.0. The maximum atomic E-state index is 6.50. The summed E-state index contributed by atoms with van der Waals surface area (Å²) in [6, 6.07) is 68.9. The maximum Gasteiger partial charge on any atom is 0.137 e. The van der Waals surface area contributed by atoms with Crippen LogP contribution in [0.5, 0.6) is 0 Å². The van der Waals surface area contributed by atoms with Crippen molar-refractivity contribution >= 4 is 39.0 Å². The van der Waals surface area contributed by atoms with Crippen LogP contribution < -0.4 is 4.90 Å². The molecular formula is C52H37NO. The van der Waals surface area contributed by atoms with Crippen molar-refractivity contribution in [3.8, 4) is 22.3 Å². The number of hydrogen-bond acceptors (Lipinski definition) is 2. The largest absolute Gasteiger partial charge is 0.456 e. The maximum absolute atomic E-state index is 6.50. The molecule has 0 saturated heterocycles. The van der Waals surface area contributed by atoms with Crippen LogP contribution in [-0.2, 0) is 10.8 Å². The van der Waals surface area contributed by atoms with Gasteiger partial charge in [-0.25, -0.2) is 0 Å². The lowest BCUT2D eigenvalue weighted by molar-refractivity contribution is 0.669. The van der Waals surface area contributed by atoms with Crippen molar-refractivity contribution in [2.45, 2.75) is 24.7 Å². The van der Waals surface area contributed by atoms with Crippen molar-refractivity contribution in [3.05, 3.63) is 221 Å². The third kappa shape index (κ3) is 4.22. The molecule has 0 fully saturated rings. The lowest BCUT2D eigenvalue weighted by Crippen LogP contribution is -2.23. The minimum Gasteiger partial charge on any atom is -0.456 e. The lowest BCUT2D eigenvalue weighted by Gasteiger charge is -2.32. The van der Waals surface area contributed by atoms with Crippen molar-refractivity contribution in [2.24, 2.45) is 0 Å². The number of nitrogens with zero attached hydrogens (tertiary/aromatic N) is 1. The molecule has 2 unspecified atom stereocenters. The van der Waals surface area contributed by atoms with E-state index in [4.69, 9.17) is 4.42 Å². The van der Waals surface area contributed by atoms with Gasteiger partial charge in [0.25, 0.3) is 0 Å². The van der Waals surface area contributed by atoms with Crippen LogP contribution in [0, 0.1) is 0 Å². The summed E-state index contributed by atoms with van der Waals surface area (Å²) in [4.78, 5) is 2.43. The Balaban J connectivity index is 1.16. The number of furan rings is 1. The van der Waals surface area contributed by atoms with Gasteiger partial charge in [-0.2, -0.15) is 0 Å². The molecule has 2 nitrogen and oxygen atoms in total. The van der Waals surface area contributed by atoms with Gasteiger partial charge < -0.3 is 9.32 Å². The van der Waals surface area contributed by atoms with Gasteiger partial charge in [0.1, 0.15) is 11.2 Å². The molecule has 0 amide bonds. The van der Waals surface area contributed by atoms with Crippen LogP contribution in [0.4, 0.5) is 17.1 Å². The van der Waals surface area contributed by atoms with E-state index in [1.807, 2.05) is 6.07 Å². The minimum absolute atomic E-state index is 0.316. The first-order chi connectivity index (χ1) is 26.5. The fourth-order valence-corrected chi connectivity index (χ4v) is 9.70. The van der Waals surface area contributed by atoms with Gasteiger partial charge in [0.2, 0.25) is 0 Å². The fraction of sp³-hybridized carbons (Fsp3) is 0.0769. The van der Waals surface area contributed by atoms with Crippen molar-refractivity contribution in [1.29, 1.82) is 0 Å². The van der Waals surface area contributed by atoms with E-state index in [1.165, 1.54) is 55.6 Å². The number of fused-ring (bicyclic) bond motifs is 9. The summed E-state index contributed by atoms with van der Waals surface area (Å²) in [5.41, 5.74) is 17.5. The molecule has 8 aromatic carbocycles. The lowest BCUT2D eigenvalue weighted by atomic mass is 9.74. The van der Waals surface area contributed by atoms with E-state index < -0.39 is 0 Å². The van der Waals surface area contributed by atoms with Gasteiger partial charge in [0, 0.05) is 44.7 Å². The number of para-hydroxylation sites is 1. The molecule has 256 valence electrons. The Morgan fingerprint density at radius 1 is 0.352 bits per heavy atom. The van der Waals surface area contributed by atoms with Crippen LogP contribution in [0.2, 0.25) is 0 Å². The molecule has 0 spiro atoms. The van der Waals surface area contributed by atoms with Gasteiger partial charge in [-0.05, 0) is 112 Å². The van der Waals surface area contributed by atoms with E-state index in [9.17, 15) is 0 Å². The van der Waals surface area contributed by atoms with Crippen molar-refractivity contribution < 1.29 is 4.42 Å². The van der Waals surface area contributed by atoms with Gasteiger partial charge in [0.15, 0.2) is 0 Å². The highest BCUT2D eigenvalue weighted by atomic mass is 16.3. The molecule has 2 aliphatic rings. The third-order valence-electron chi connectivity index (χ3n) is 12.4. The van der Waals surface area contributed by atoms with Gasteiger partial charge >= 0.3 is 0 Å². The highest BCUT2D eigenvalue weighted by Gasteiger charge is 2.43. The number of hydrogen-bond donors (Lipinski definition) is 0. The molecule has 0 saturated carbocycles. The Morgan fingerprint density at radius 3 is 1.35 bits per heavy atom. The summed E-state index contributed by atoms with van der Waals surface area (Å²) in [7, 11) is 0. The predicted octanol–water partition coefficient (Wildman–Crippen LogP) is 13.7. The van der Waals surface area contributed by atoms with Gasteiger partial charge in [-0.3, -0.25) is 0 Å². The molecule has 9 aromatic rings. The van der Waals surface area contributed by atoms with E-state index in [2.05, 4.69) is 201 Å². The van der Waals surface area contributed by atoms with E-state index >= 15 is 0 Å². The van der Waals surface area contributed by atoms with Gasteiger partial charge in [0.05, 0.1) is 0 Å². The Bertz CT molecular complexity index is 2780. The number of rotatable bonds is 5. The second kappa shape index (κ2) is 11.4. The Hall–Kier alpha value is -6.64. The van der Waals surface area contributed by atoms with Crippen LogP contribution in [0.25, 0.3) is 44.2 Å². The first kappa shape index (κ1) is 30.9. The normalized spacial score (nSPS) is 18.0. The SMILES string of the molecule is CC1(c2ccccc2)c2ccccc2-c2ccc(N(c3ccc4c(c3)C(C)(c3ccccc3)c3ccccc3-4)c3ccc4c(c3)oc3ccccc34)cc21. The molecule has 0 aliphatic heterocycles. The second-order valence-electron chi connectivity index (χ2n) is 15.1. The van der Waals surface area contributed by atoms with Crippen LogP contribution in [0.1, 0.15) is 47.2 Å². The zero-order valence-electron chi connectivity index (χ0n) is 30.3. The topological polar surface area (TPSA) is 16.4 Å². The fourth-order valence-electron chi connectivity index (χ4n) is 9.70. The summed E-state index contributed by atoms with van der Waals surface area (Å²) in [6.07, 6.45) is 0. The summed E-state index contributed by atoms with van der Waals surface area (Å²) in [6.45, 7) is 4.78. The van der Waals surface area contributed by atoms with Crippen LogP contribution >= 0.6 is 0 Å². The Morgan fingerprint density at radius 2 is 0.778 bits per heavy atom. The van der Waals surface area contributed by atoms with Crippen LogP contribution in [0.3, 0.4) is 0 Å². The molecule has 54 heavy (non-hydrogen) atoms. The van der Waals surface area contributed by atoms with Gasteiger partial charge in [-0.15, -0.1) is 0 Å². The standard InChI is InChI=1S/C52H37NO/c1-51(34-15-5-3-6-16-34)45-22-12-9-19-39(45)41-28-25-36(31-47(41)51)53(38-27-30-44-43-21-11-14-24-49(43)54-50(44)33-38)37-26-29-42-40-20-10-13-23-46(40)52(2,48(42)32-37)35-17-7-4-8-18-35/h3-33H,1-2H3. The summed E-state index contributed by atoms with van der Waals surface area (Å²) >= 11 is 0. The predicted molar refractivity (Wildman–Crippen MR) is 223 cm³/mol. The summed E-state index contributed by atoms with van der Waals surface area (Å²) < 4.78 is 6.50. The monoisotopic (exact) mass is 691 g/mol. The first-order valence-electron chi connectivity index (χ1n) is 18.8.